The lowest BCUT2D eigenvalue weighted by atomic mass is 9.77. The number of halogens is 1. The molecule has 1 N–H and O–H groups in total. The van der Waals surface area contributed by atoms with Crippen molar-refractivity contribution in [3.05, 3.63) is 42.7 Å². The number of hydrogen-bond donors (Lipinski definition) is 1. The Hall–Kier alpha value is -2.77. The summed E-state index contributed by atoms with van der Waals surface area (Å²) in [6.07, 6.45) is 6.33. The van der Waals surface area contributed by atoms with Crippen LogP contribution in [0.4, 0.5) is 10.3 Å². The van der Waals surface area contributed by atoms with Crippen molar-refractivity contribution in [2.75, 3.05) is 31.1 Å². The molecule has 1 amide bonds. The van der Waals surface area contributed by atoms with E-state index in [9.17, 15) is 9.18 Å². The average molecular weight is 343 g/mol. The van der Waals surface area contributed by atoms with Crippen LogP contribution in [-0.2, 0) is 4.79 Å². The van der Waals surface area contributed by atoms with Crippen molar-refractivity contribution in [1.82, 2.24) is 20.3 Å². The van der Waals surface area contributed by atoms with Crippen molar-refractivity contribution in [2.24, 2.45) is 11.3 Å². The molecule has 0 saturated carbocycles. The van der Waals surface area contributed by atoms with E-state index in [0.717, 1.165) is 12.4 Å². The van der Waals surface area contributed by atoms with Crippen molar-refractivity contribution in [1.29, 1.82) is 0 Å². The van der Waals surface area contributed by atoms with Crippen LogP contribution in [-0.4, -0.2) is 47.1 Å². The number of carbonyl (C=O) groups is 1. The molecule has 0 bridgehead atoms. The first-order valence-corrected chi connectivity index (χ1v) is 8.21. The summed E-state index contributed by atoms with van der Waals surface area (Å²) in [4.78, 5) is 26.6. The summed E-state index contributed by atoms with van der Waals surface area (Å²) in [5.41, 5.74) is -0.528. The molecule has 2 saturated heterocycles. The molecule has 2 aliphatic heterocycles. The first-order valence-electron chi connectivity index (χ1n) is 8.21. The number of carbonyl (C=O) groups excluding carboxylic acids is 1. The maximum absolute atomic E-state index is 13.0. The van der Waals surface area contributed by atoms with Crippen molar-refractivity contribution in [2.45, 2.75) is 6.42 Å². The number of hydrogen-bond acceptors (Lipinski definition) is 6. The van der Waals surface area contributed by atoms with E-state index < -0.39 is 11.2 Å². The number of ether oxygens (including phenoxy) is 1. The first kappa shape index (κ1) is 15.7. The minimum Gasteiger partial charge on any atom is -0.492 e. The molecule has 25 heavy (non-hydrogen) atoms. The average Bonchev–Trinajstić information content (AvgIpc) is 3.21. The number of nitrogens with one attached hydrogen (secondary N) is 1. The number of rotatable bonds is 4. The van der Waals surface area contributed by atoms with Crippen LogP contribution in [0.3, 0.4) is 0 Å². The topological polar surface area (TPSA) is 80.2 Å². The van der Waals surface area contributed by atoms with Gasteiger partial charge < -0.3 is 15.0 Å². The second-order valence-electron chi connectivity index (χ2n) is 6.44. The second kappa shape index (κ2) is 6.27. The summed E-state index contributed by atoms with van der Waals surface area (Å²) in [7, 11) is 0. The van der Waals surface area contributed by atoms with Crippen molar-refractivity contribution < 1.29 is 13.9 Å². The molecule has 2 aromatic rings. The fourth-order valence-electron chi connectivity index (χ4n) is 3.61. The van der Waals surface area contributed by atoms with E-state index in [-0.39, 0.29) is 11.8 Å². The van der Waals surface area contributed by atoms with E-state index in [4.69, 9.17) is 4.74 Å². The maximum Gasteiger partial charge on any atom is 0.228 e. The third-order valence-electron chi connectivity index (χ3n) is 5.02. The van der Waals surface area contributed by atoms with Gasteiger partial charge in [-0.25, -0.2) is 14.4 Å². The van der Waals surface area contributed by atoms with Gasteiger partial charge >= 0.3 is 0 Å². The molecule has 0 aromatic carbocycles. The van der Waals surface area contributed by atoms with E-state index in [2.05, 4.69) is 20.3 Å². The lowest BCUT2D eigenvalue weighted by Gasteiger charge is -2.28. The van der Waals surface area contributed by atoms with Crippen molar-refractivity contribution >= 4 is 11.9 Å². The van der Waals surface area contributed by atoms with Gasteiger partial charge in [0.2, 0.25) is 11.9 Å². The van der Waals surface area contributed by atoms with E-state index in [1.807, 2.05) is 17.0 Å². The largest absolute Gasteiger partial charge is 0.492 e. The molecule has 0 aliphatic carbocycles. The summed E-state index contributed by atoms with van der Waals surface area (Å²) in [6.45, 7) is 2.17. The van der Waals surface area contributed by atoms with Gasteiger partial charge in [0, 0.05) is 31.7 Å². The molecule has 0 unspecified atom stereocenters. The summed E-state index contributed by atoms with van der Waals surface area (Å²) >= 11 is 0. The van der Waals surface area contributed by atoms with E-state index in [1.165, 1.54) is 0 Å². The molecular formula is C17H18FN5O2. The quantitative estimate of drug-likeness (QED) is 0.893. The highest BCUT2D eigenvalue weighted by Crippen LogP contribution is 2.42. The molecule has 8 heteroatoms. The molecule has 130 valence electrons. The fraction of sp³-hybridized carbons (Fsp3) is 0.412. The highest BCUT2D eigenvalue weighted by atomic mass is 19.1. The minimum atomic E-state index is -0.528. The summed E-state index contributed by atoms with van der Waals surface area (Å²) in [6, 6.07) is 3.66. The number of anilines is 1. The monoisotopic (exact) mass is 343 g/mol. The molecule has 4 heterocycles. The number of pyridine rings is 1. The van der Waals surface area contributed by atoms with Crippen LogP contribution < -0.4 is 15.0 Å². The standard InChI is InChI=1S/C17H18FN5O2/c18-13-7-21-16(22-8-13)23-5-3-17(11-23)12(6-20-15(17)24)10-25-14-2-1-4-19-9-14/h1-2,4,7-9,12H,3,5-6,10-11H2,(H,20,24)/t12-,17-/m1/s1. The molecular weight excluding hydrogens is 325 g/mol. The highest BCUT2D eigenvalue weighted by Gasteiger charge is 2.54. The van der Waals surface area contributed by atoms with Crippen LogP contribution in [0.1, 0.15) is 6.42 Å². The summed E-state index contributed by atoms with van der Waals surface area (Å²) < 4.78 is 18.9. The minimum absolute atomic E-state index is 0.0388. The SMILES string of the molecule is O=C1NC[C@H](COc2cccnc2)[C@]12CCN(c1ncc(F)cn1)C2. The number of aromatic nitrogens is 3. The van der Waals surface area contributed by atoms with Gasteiger partial charge in [-0.3, -0.25) is 9.78 Å². The lowest BCUT2D eigenvalue weighted by Crippen LogP contribution is -2.40. The Morgan fingerprint density at radius 3 is 2.96 bits per heavy atom. The second-order valence-corrected chi connectivity index (χ2v) is 6.44. The smallest absolute Gasteiger partial charge is 0.228 e. The van der Waals surface area contributed by atoms with Gasteiger partial charge in [-0.15, -0.1) is 0 Å². The number of amides is 1. The molecule has 0 radical (unpaired) electrons. The summed E-state index contributed by atoms with van der Waals surface area (Å²) in [5, 5.41) is 2.96. The molecule has 2 atom stereocenters. The molecule has 7 nitrogen and oxygen atoms in total. The van der Waals surface area contributed by atoms with Gasteiger partial charge in [0.25, 0.3) is 0 Å². The Balaban J connectivity index is 1.48. The molecule has 1 spiro atoms. The Kier molecular flexibility index (Phi) is 3.95. The zero-order valence-corrected chi connectivity index (χ0v) is 13.6. The molecule has 2 fully saturated rings. The van der Waals surface area contributed by atoms with E-state index in [0.29, 0.717) is 44.4 Å². The Morgan fingerprint density at radius 1 is 1.36 bits per heavy atom. The van der Waals surface area contributed by atoms with Crippen LogP contribution in [0.5, 0.6) is 5.75 Å². The Morgan fingerprint density at radius 2 is 2.20 bits per heavy atom. The zero-order chi connectivity index (χ0) is 17.3. The highest BCUT2D eigenvalue weighted by molar-refractivity contribution is 5.86. The van der Waals surface area contributed by atoms with Crippen LogP contribution in [0.2, 0.25) is 0 Å². The fourth-order valence-corrected chi connectivity index (χ4v) is 3.61. The summed E-state index contributed by atoms with van der Waals surface area (Å²) in [5.74, 6) is 0.750. The van der Waals surface area contributed by atoms with E-state index >= 15 is 0 Å². The normalized spacial score (nSPS) is 25.4. The van der Waals surface area contributed by atoms with Crippen LogP contribution in [0.15, 0.2) is 36.9 Å². The molecule has 2 aromatic heterocycles. The lowest BCUT2D eigenvalue weighted by molar-refractivity contribution is -0.128. The van der Waals surface area contributed by atoms with Crippen LogP contribution in [0, 0.1) is 17.2 Å². The van der Waals surface area contributed by atoms with Crippen LogP contribution >= 0.6 is 0 Å². The van der Waals surface area contributed by atoms with Crippen molar-refractivity contribution in [3.8, 4) is 5.75 Å². The third-order valence-corrected chi connectivity index (χ3v) is 5.02. The van der Waals surface area contributed by atoms with Gasteiger partial charge in [0.05, 0.1) is 30.6 Å². The Labute approximate surface area is 144 Å². The van der Waals surface area contributed by atoms with Gasteiger partial charge in [-0.2, -0.15) is 0 Å². The third kappa shape index (κ3) is 2.88. The maximum atomic E-state index is 13.0. The van der Waals surface area contributed by atoms with Gasteiger partial charge in [-0.05, 0) is 18.6 Å². The van der Waals surface area contributed by atoms with E-state index in [1.54, 1.807) is 12.4 Å². The molecule has 4 rings (SSSR count). The number of nitrogens with zero attached hydrogens (tertiary/aromatic N) is 4. The zero-order valence-electron chi connectivity index (χ0n) is 13.6. The van der Waals surface area contributed by atoms with Gasteiger partial charge in [0.15, 0.2) is 5.82 Å². The van der Waals surface area contributed by atoms with Crippen LogP contribution in [0.25, 0.3) is 0 Å². The van der Waals surface area contributed by atoms with Crippen molar-refractivity contribution in [3.63, 3.8) is 0 Å². The Bertz CT molecular complexity index is 757. The van der Waals surface area contributed by atoms with Gasteiger partial charge in [-0.1, -0.05) is 0 Å². The van der Waals surface area contributed by atoms with Gasteiger partial charge in [0.1, 0.15) is 5.75 Å². The molecule has 2 aliphatic rings. The predicted octanol–water partition coefficient (Wildman–Crippen LogP) is 1.03. The first-order chi connectivity index (χ1) is 12.2. The predicted molar refractivity (Wildman–Crippen MR) is 87.5 cm³/mol.